The number of aliphatic hydroxyl groups is 1. The van der Waals surface area contributed by atoms with Crippen molar-refractivity contribution >= 4 is 12.0 Å². The largest absolute Gasteiger partial charge is 0.494 e. The minimum atomic E-state index is -0.931. The number of hydrogen-bond donors (Lipinski definition) is 1. The van der Waals surface area contributed by atoms with Crippen molar-refractivity contribution in [1.82, 2.24) is 0 Å². The molecular weight excluding hydrogens is 552 g/mol. The third-order valence-electron chi connectivity index (χ3n) is 7.31. The maximum absolute atomic E-state index is 12.5. The Morgan fingerprint density at radius 3 is 2.09 bits per heavy atom. The van der Waals surface area contributed by atoms with E-state index in [1.165, 1.54) is 38.5 Å². The minimum Gasteiger partial charge on any atom is -0.494 e. The van der Waals surface area contributed by atoms with Crippen LogP contribution in [0, 0.1) is 0 Å². The molecule has 0 radical (unpaired) electrons. The highest BCUT2D eigenvalue weighted by molar-refractivity contribution is 5.73. The zero-order chi connectivity index (χ0) is 31.4. The van der Waals surface area contributed by atoms with E-state index in [0.717, 1.165) is 30.4 Å². The highest BCUT2D eigenvalue weighted by Crippen LogP contribution is 2.33. The molecule has 1 atom stereocenters. The van der Waals surface area contributed by atoms with Crippen LogP contribution < -0.4 is 18.9 Å². The van der Waals surface area contributed by atoms with Crippen molar-refractivity contribution in [2.75, 3.05) is 13.2 Å². The van der Waals surface area contributed by atoms with E-state index in [1.54, 1.807) is 24.3 Å². The van der Waals surface area contributed by atoms with Gasteiger partial charge in [-0.25, -0.2) is 0 Å². The van der Waals surface area contributed by atoms with Crippen LogP contribution in [0.1, 0.15) is 108 Å². The Balaban J connectivity index is 1.59. The average Bonchev–Trinajstić information content (AvgIpc) is 3.03. The van der Waals surface area contributed by atoms with Crippen molar-refractivity contribution in [3.05, 3.63) is 89.5 Å². The molecular formula is C38H50O6. The summed E-state index contributed by atoms with van der Waals surface area (Å²) in [6, 6.07) is 20.7. The minimum absolute atomic E-state index is 0.229. The lowest BCUT2D eigenvalue weighted by Gasteiger charge is -2.16. The molecule has 0 fully saturated rings. The van der Waals surface area contributed by atoms with E-state index < -0.39 is 6.10 Å². The molecule has 0 aromatic heterocycles. The standard InChI is InChI=1S/C38H50O6/c1-4-7-8-9-10-11-12-13-17-20-38(40)44-33-23-21-31(36(28-33)42-6-3)22-26-35(39)34-25-24-32(41-5-2)27-37(34)43-29-30-18-15-14-16-19-30/h14-16,18-19,21-28,35,39H,4-13,17,20,29H2,1-3H3. The van der Waals surface area contributed by atoms with Gasteiger partial charge in [-0.2, -0.15) is 0 Å². The van der Waals surface area contributed by atoms with Gasteiger partial charge in [0.25, 0.3) is 0 Å². The first-order chi connectivity index (χ1) is 21.5. The summed E-state index contributed by atoms with van der Waals surface area (Å²) >= 11 is 0. The number of rotatable bonds is 21. The zero-order valence-corrected chi connectivity index (χ0v) is 26.8. The molecule has 3 aromatic carbocycles. The van der Waals surface area contributed by atoms with E-state index in [9.17, 15) is 9.90 Å². The maximum atomic E-state index is 12.5. The van der Waals surface area contributed by atoms with Crippen LogP contribution in [0.15, 0.2) is 72.8 Å². The topological polar surface area (TPSA) is 74.2 Å². The molecule has 0 aliphatic carbocycles. The summed E-state index contributed by atoms with van der Waals surface area (Å²) < 4.78 is 23.2. The summed E-state index contributed by atoms with van der Waals surface area (Å²) in [7, 11) is 0. The second-order valence-electron chi connectivity index (χ2n) is 10.9. The van der Waals surface area contributed by atoms with Crippen LogP contribution in [0.3, 0.4) is 0 Å². The fourth-order valence-electron chi connectivity index (χ4n) is 4.93. The molecule has 0 bridgehead atoms. The molecule has 0 spiro atoms. The Morgan fingerprint density at radius 1 is 0.727 bits per heavy atom. The molecule has 6 heteroatoms. The number of esters is 1. The fourth-order valence-corrected chi connectivity index (χ4v) is 4.93. The third-order valence-corrected chi connectivity index (χ3v) is 7.31. The van der Waals surface area contributed by atoms with Gasteiger partial charge >= 0.3 is 5.97 Å². The third kappa shape index (κ3) is 12.5. The second-order valence-corrected chi connectivity index (χ2v) is 10.9. The number of aliphatic hydroxyl groups excluding tert-OH is 1. The van der Waals surface area contributed by atoms with E-state index in [2.05, 4.69) is 6.92 Å². The Hall–Kier alpha value is -3.77. The lowest BCUT2D eigenvalue weighted by molar-refractivity contribution is -0.134. The maximum Gasteiger partial charge on any atom is 0.311 e. The van der Waals surface area contributed by atoms with Gasteiger partial charge in [-0.15, -0.1) is 0 Å². The normalized spacial score (nSPS) is 11.8. The van der Waals surface area contributed by atoms with Crippen molar-refractivity contribution in [1.29, 1.82) is 0 Å². The molecule has 0 saturated heterocycles. The van der Waals surface area contributed by atoms with E-state index in [0.29, 0.717) is 54.8 Å². The van der Waals surface area contributed by atoms with E-state index >= 15 is 0 Å². The predicted molar refractivity (Wildman–Crippen MR) is 177 cm³/mol. The molecule has 1 N–H and O–H groups in total. The predicted octanol–water partition coefficient (Wildman–Crippen LogP) is 9.64. The van der Waals surface area contributed by atoms with E-state index in [1.807, 2.05) is 68.4 Å². The Labute approximate surface area is 264 Å². The van der Waals surface area contributed by atoms with Crippen molar-refractivity contribution < 1.29 is 28.8 Å². The molecule has 6 nitrogen and oxygen atoms in total. The van der Waals surface area contributed by atoms with Gasteiger partial charge in [-0.1, -0.05) is 101 Å². The molecule has 44 heavy (non-hydrogen) atoms. The number of carbonyl (C=O) groups excluding carboxylic acids is 1. The van der Waals surface area contributed by atoms with Gasteiger partial charge in [0.15, 0.2) is 0 Å². The van der Waals surface area contributed by atoms with Crippen LogP contribution in [0.2, 0.25) is 0 Å². The molecule has 1 unspecified atom stereocenters. The molecule has 0 amide bonds. The molecule has 0 heterocycles. The van der Waals surface area contributed by atoms with E-state index in [4.69, 9.17) is 18.9 Å². The Bertz CT molecular complexity index is 1270. The molecule has 3 rings (SSSR count). The summed E-state index contributed by atoms with van der Waals surface area (Å²) in [6.45, 7) is 7.42. The highest BCUT2D eigenvalue weighted by atomic mass is 16.5. The second kappa shape index (κ2) is 20.2. The van der Waals surface area contributed by atoms with Crippen molar-refractivity contribution in [2.24, 2.45) is 0 Å². The average molecular weight is 603 g/mol. The lowest BCUT2D eigenvalue weighted by Crippen LogP contribution is -2.08. The summed E-state index contributed by atoms with van der Waals surface area (Å²) in [5.74, 6) is 2.03. The van der Waals surface area contributed by atoms with Crippen LogP contribution in [0.5, 0.6) is 23.0 Å². The van der Waals surface area contributed by atoms with Crippen LogP contribution >= 0.6 is 0 Å². The first-order valence-corrected chi connectivity index (χ1v) is 16.3. The molecule has 0 aliphatic rings. The Morgan fingerprint density at radius 2 is 1.39 bits per heavy atom. The fraction of sp³-hybridized carbons (Fsp3) is 0.447. The van der Waals surface area contributed by atoms with Crippen molar-refractivity contribution in [2.45, 2.75) is 97.7 Å². The van der Waals surface area contributed by atoms with Crippen molar-refractivity contribution in [3.63, 3.8) is 0 Å². The first kappa shape index (κ1) is 34.7. The SMILES string of the molecule is CCCCCCCCCCCC(=O)Oc1ccc(C=CC(O)c2ccc(OCC)cc2OCc2ccccc2)c(OCC)c1. The van der Waals surface area contributed by atoms with Crippen molar-refractivity contribution in [3.8, 4) is 23.0 Å². The molecule has 3 aromatic rings. The van der Waals surface area contributed by atoms with Gasteiger partial charge in [-0.05, 0) is 50.1 Å². The molecule has 0 aliphatic heterocycles. The number of ether oxygens (including phenoxy) is 4. The zero-order valence-electron chi connectivity index (χ0n) is 26.8. The Kier molecular flexibility index (Phi) is 16.0. The summed E-state index contributed by atoms with van der Waals surface area (Å²) in [5.41, 5.74) is 2.42. The smallest absolute Gasteiger partial charge is 0.311 e. The number of hydrogen-bond acceptors (Lipinski definition) is 6. The van der Waals surface area contributed by atoms with Crippen LogP contribution in [0.4, 0.5) is 0 Å². The number of unbranched alkanes of at least 4 members (excludes halogenated alkanes) is 8. The highest BCUT2D eigenvalue weighted by Gasteiger charge is 2.14. The quantitative estimate of drug-likeness (QED) is 0.0743. The molecule has 238 valence electrons. The van der Waals surface area contributed by atoms with Crippen LogP contribution in [-0.2, 0) is 11.4 Å². The summed E-state index contributed by atoms with van der Waals surface area (Å²) in [4.78, 5) is 12.5. The summed E-state index contributed by atoms with van der Waals surface area (Å²) in [6.07, 6.45) is 13.8. The van der Waals surface area contributed by atoms with Gasteiger partial charge in [0, 0.05) is 29.7 Å². The van der Waals surface area contributed by atoms with Gasteiger partial charge in [0.05, 0.1) is 13.2 Å². The first-order valence-electron chi connectivity index (χ1n) is 16.3. The monoisotopic (exact) mass is 602 g/mol. The van der Waals surface area contributed by atoms with Gasteiger partial charge in [0.1, 0.15) is 35.7 Å². The van der Waals surface area contributed by atoms with Gasteiger partial charge in [0.2, 0.25) is 0 Å². The van der Waals surface area contributed by atoms with Gasteiger partial charge in [-0.3, -0.25) is 4.79 Å². The van der Waals surface area contributed by atoms with Gasteiger partial charge < -0.3 is 24.1 Å². The van der Waals surface area contributed by atoms with E-state index in [-0.39, 0.29) is 5.97 Å². The van der Waals surface area contributed by atoms with Crippen LogP contribution in [0.25, 0.3) is 6.08 Å². The molecule has 0 saturated carbocycles. The summed E-state index contributed by atoms with van der Waals surface area (Å²) in [5, 5.41) is 11.1. The lowest BCUT2D eigenvalue weighted by atomic mass is 10.1. The van der Waals surface area contributed by atoms with Crippen LogP contribution in [-0.4, -0.2) is 24.3 Å². The number of benzene rings is 3. The number of carbonyl (C=O) groups is 1.